The van der Waals surface area contributed by atoms with Crippen LogP contribution >= 0.6 is 0 Å². The summed E-state index contributed by atoms with van der Waals surface area (Å²) in [5, 5.41) is 3.38. The topological polar surface area (TPSA) is 32.3 Å². The van der Waals surface area contributed by atoms with Crippen LogP contribution in [-0.2, 0) is 0 Å². The molecule has 5 aliphatic carbocycles. The number of hydrogen-bond acceptors (Lipinski definition) is 1. The van der Waals surface area contributed by atoms with E-state index in [0.717, 1.165) is 30.2 Å². The van der Waals surface area contributed by atoms with Crippen LogP contribution in [0.15, 0.2) is 0 Å². The molecule has 110 valence electrons. The average molecular weight is 274 g/mol. The maximum atomic E-state index is 12.6. The van der Waals surface area contributed by atoms with E-state index in [1.165, 1.54) is 57.8 Å². The van der Waals surface area contributed by atoms with E-state index in [4.69, 9.17) is 0 Å². The van der Waals surface area contributed by atoms with Crippen LogP contribution in [0.3, 0.4) is 0 Å². The lowest BCUT2D eigenvalue weighted by Crippen LogP contribution is -2.56. The first kappa shape index (κ1) is 11.9. The van der Waals surface area contributed by atoms with Gasteiger partial charge in [-0.25, -0.2) is 4.79 Å². The molecule has 6 fully saturated rings. The third-order valence-corrected chi connectivity index (χ3v) is 7.20. The monoisotopic (exact) mass is 274 g/mol. The van der Waals surface area contributed by atoms with Crippen molar-refractivity contribution in [2.24, 2.45) is 23.7 Å². The van der Waals surface area contributed by atoms with Gasteiger partial charge in [-0.05, 0) is 68.6 Å². The number of hydrogen-bond donors (Lipinski definition) is 1. The summed E-state index contributed by atoms with van der Waals surface area (Å²) in [6, 6.07) is 0.854. The zero-order valence-electron chi connectivity index (χ0n) is 12.3. The summed E-state index contributed by atoms with van der Waals surface area (Å²) in [4.78, 5) is 14.9. The molecule has 1 heterocycles. The van der Waals surface area contributed by atoms with Gasteiger partial charge >= 0.3 is 6.03 Å². The fraction of sp³-hybridized carbons (Fsp3) is 0.941. The van der Waals surface area contributed by atoms with Crippen LogP contribution in [0.25, 0.3) is 0 Å². The Balaban J connectivity index is 1.41. The zero-order chi connectivity index (χ0) is 13.3. The molecule has 6 aliphatic rings. The molecular weight excluding hydrogens is 248 g/mol. The predicted octanol–water partition coefficient (Wildman–Crippen LogP) is 3.15. The normalized spacial score (nSPS) is 48.3. The molecule has 0 aromatic heterocycles. The van der Waals surface area contributed by atoms with Crippen LogP contribution in [0.2, 0.25) is 0 Å². The molecule has 1 N–H and O–H groups in total. The number of amides is 2. The first-order valence-corrected chi connectivity index (χ1v) is 8.81. The summed E-state index contributed by atoms with van der Waals surface area (Å²) < 4.78 is 0. The molecule has 5 saturated carbocycles. The number of carbonyl (C=O) groups is 1. The SMILES string of the molecule is O=C1NC2(CCCC2)CN1C1C2CC3CC(C2)CC1C3. The molecule has 20 heavy (non-hydrogen) atoms. The molecular formula is C17H26N2O. The van der Waals surface area contributed by atoms with Crippen LogP contribution in [0.1, 0.15) is 57.8 Å². The highest BCUT2D eigenvalue weighted by molar-refractivity contribution is 5.78. The van der Waals surface area contributed by atoms with E-state index < -0.39 is 0 Å². The molecule has 1 saturated heterocycles. The first-order chi connectivity index (χ1) is 9.72. The zero-order valence-corrected chi connectivity index (χ0v) is 12.3. The molecule has 0 radical (unpaired) electrons. The summed E-state index contributed by atoms with van der Waals surface area (Å²) >= 11 is 0. The van der Waals surface area contributed by atoms with E-state index in [-0.39, 0.29) is 11.6 Å². The largest absolute Gasteiger partial charge is 0.331 e. The van der Waals surface area contributed by atoms with Crippen molar-refractivity contribution in [2.45, 2.75) is 69.4 Å². The Morgan fingerprint density at radius 1 is 0.950 bits per heavy atom. The Hall–Kier alpha value is -0.730. The van der Waals surface area contributed by atoms with Crippen molar-refractivity contribution in [3.8, 4) is 0 Å². The second-order valence-corrected chi connectivity index (χ2v) is 8.47. The minimum atomic E-state index is 0.158. The van der Waals surface area contributed by atoms with Crippen molar-refractivity contribution in [1.82, 2.24) is 10.2 Å². The number of carbonyl (C=O) groups excluding carboxylic acids is 1. The van der Waals surface area contributed by atoms with E-state index in [0.29, 0.717) is 6.04 Å². The van der Waals surface area contributed by atoms with Gasteiger partial charge in [-0.3, -0.25) is 0 Å². The van der Waals surface area contributed by atoms with Gasteiger partial charge in [-0.1, -0.05) is 12.8 Å². The molecule has 4 bridgehead atoms. The van der Waals surface area contributed by atoms with E-state index in [1.54, 1.807) is 0 Å². The van der Waals surface area contributed by atoms with Gasteiger partial charge < -0.3 is 10.2 Å². The third kappa shape index (κ3) is 1.55. The molecule has 0 unspecified atom stereocenters. The highest BCUT2D eigenvalue weighted by Crippen LogP contribution is 2.55. The lowest BCUT2D eigenvalue weighted by molar-refractivity contribution is -0.0483. The summed E-state index contributed by atoms with van der Waals surface area (Å²) in [6.07, 6.45) is 12.2. The molecule has 1 aliphatic heterocycles. The molecule has 0 aromatic carbocycles. The molecule has 1 spiro atoms. The standard InChI is InChI=1S/C17H26N2O/c20-16-18-17(3-1-2-4-17)10-19(16)15-13-6-11-5-12(8-13)9-14(15)7-11/h11-15H,1-10H2,(H,18,20). The Labute approximate surface area is 121 Å². The Morgan fingerprint density at radius 2 is 1.55 bits per heavy atom. The molecule has 6 rings (SSSR count). The Kier molecular flexibility index (Phi) is 2.33. The van der Waals surface area contributed by atoms with Crippen LogP contribution in [-0.4, -0.2) is 29.1 Å². The highest BCUT2D eigenvalue weighted by Gasteiger charge is 2.55. The molecule has 3 nitrogen and oxygen atoms in total. The molecule has 0 atom stereocenters. The van der Waals surface area contributed by atoms with Gasteiger partial charge in [0.2, 0.25) is 0 Å². The van der Waals surface area contributed by atoms with Gasteiger partial charge in [0.25, 0.3) is 0 Å². The lowest BCUT2D eigenvalue weighted by atomic mass is 9.54. The summed E-state index contributed by atoms with van der Waals surface area (Å²) in [6.45, 7) is 1.01. The van der Waals surface area contributed by atoms with Crippen LogP contribution in [0.4, 0.5) is 4.79 Å². The van der Waals surface area contributed by atoms with Crippen molar-refractivity contribution < 1.29 is 4.79 Å². The highest BCUT2D eigenvalue weighted by atomic mass is 16.2. The quantitative estimate of drug-likeness (QED) is 0.782. The van der Waals surface area contributed by atoms with E-state index in [2.05, 4.69) is 10.2 Å². The summed E-state index contributed by atoms with van der Waals surface area (Å²) in [5.74, 6) is 3.65. The lowest BCUT2D eigenvalue weighted by Gasteiger charge is -2.56. The average Bonchev–Trinajstić information content (AvgIpc) is 2.96. The minimum absolute atomic E-state index is 0.158. The van der Waals surface area contributed by atoms with Crippen LogP contribution < -0.4 is 5.32 Å². The summed E-state index contributed by atoms with van der Waals surface area (Å²) in [5.41, 5.74) is 0.158. The predicted molar refractivity (Wildman–Crippen MR) is 77.3 cm³/mol. The fourth-order valence-electron chi connectivity index (χ4n) is 6.72. The molecule has 2 amide bonds. The van der Waals surface area contributed by atoms with E-state index in [9.17, 15) is 4.79 Å². The molecule has 0 aromatic rings. The smallest absolute Gasteiger partial charge is 0.318 e. The van der Waals surface area contributed by atoms with Crippen molar-refractivity contribution in [3.63, 3.8) is 0 Å². The Morgan fingerprint density at radius 3 is 2.15 bits per heavy atom. The van der Waals surface area contributed by atoms with Crippen LogP contribution in [0, 0.1) is 23.7 Å². The van der Waals surface area contributed by atoms with Crippen molar-refractivity contribution in [3.05, 3.63) is 0 Å². The minimum Gasteiger partial charge on any atom is -0.331 e. The van der Waals surface area contributed by atoms with Crippen molar-refractivity contribution in [2.75, 3.05) is 6.54 Å². The van der Waals surface area contributed by atoms with Gasteiger partial charge in [0.15, 0.2) is 0 Å². The van der Waals surface area contributed by atoms with Crippen molar-refractivity contribution >= 4 is 6.03 Å². The summed E-state index contributed by atoms with van der Waals surface area (Å²) in [7, 11) is 0. The third-order valence-electron chi connectivity index (χ3n) is 7.20. The second kappa shape index (κ2) is 3.92. The van der Waals surface area contributed by atoms with Gasteiger partial charge in [0.05, 0.1) is 5.54 Å². The van der Waals surface area contributed by atoms with Gasteiger partial charge in [-0.15, -0.1) is 0 Å². The first-order valence-electron chi connectivity index (χ1n) is 8.81. The number of urea groups is 1. The second-order valence-electron chi connectivity index (χ2n) is 8.47. The van der Waals surface area contributed by atoms with Gasteiger partial charge in [0.1, 0.15) is 0 Å². The maximum Gasteiger partial charge on any atom is 0.318 e. The van der Waals surface area contributed by atoms with Gasteiger partial charge in [-0.2, -0.15) is 0 Å². The van der Waals surface area contributed by atoms with E-state index in [1.807, 2.05) is 0 Å². The van der Waals surface area contributed by atoms with Crippen LogP contribution in [0.5, 0.6) is 0 Å². The van der Waals surface area contributed by atoms with Gasteiger partial charge in [0, 0.05) is 12.6 Å². The van der Waals surface area contributed by atoms with E-state index >= 15 is 0 Å². The number of nitrogens with one attached hydrogen (secondary N) is 1. The Bertz CT molecular complexity index is 412. The number of nitrogens with zero attached hydrogens (tertiary/aromatic N) is 1. The van der Waals surface area contributed by atoms with Crippen molar-refractivity contribution in [1.29, 1.82) is 0 Å². The fourth-order valence-corrected chi connectivity index (χ4v) is 6.72. The number of rotatable bonds is 1. The maximum absolute atomic E-state index is 12.6. The molecule has 3 heteroatoms.